The molecule has 7 heteroatoms. The quantitative estimate of drug-likeness (QED) is 0.683. The lowest BCUT2D eigenvalue weighted by Gasteiger charge is -2.05. The molecule has 0 saturated carbocycles. The standard InChI is InChI=1S/C16H11ClF2N2O2/c1-23-16(22)15-12-5-4-11(18)7-14(12)21(20-15)8-9-2-3-10(17)6-13(9)19/h2-7H,8H2,1H3. The molecule has 0 unspecified atom stereocenters. The minimum absolute atomic E-state index is 0.0277. The molecule has 23 heavy (non-hydrogen) atoms. The molecule has 0 atom stereocenters. The summed E-state index contributed by atoms with van der Waals surface area (Å²) in [6.07, 6.45) is 0. The molecule has 0 amide bonds. The molecule has 0 aliphatic rings. The van der Waals surface area contributed by atoms with Crippen LogP contribution in [0, 0.1) is 11.6 Å². The van der Waals surface area contributed by atoms with Gasteiger partial charge in [-0.1, -0.05) is 17.7 Å². The highest BCUT2D eigenvalue weighted by Crippen LogP contribution is 2.23. The molecule has 0 radical (unpaired) electrons. The topological polar surface area (TPSA) is 44.1 Å². The van der Waals surface area contributed by atoms with Gasteiger partial charge in [0, 0.05) is 16.0 Å². The summed E-state index contributed by atoms with van der Waals surface area (Å²) in [7, 11) is 1.23. The zero-order chi connectivity index (χ0) is 16.6. The van der Waals surface area contributed by atoms with Crippen molar-refractivity contribution in [3.8, 4) is 0 Å². The lowest BCUT2D eigenvalue weighted by Crippen LogP contribution is -2.07. The number of halogens is 3. The molecular weight excluding hydrogens is 326 g/mol. The molecule has 0 aliphatic heterocycles. The number of hydrogen-bond acceptors (Lipinski definition) is 3. The second kappa shape index (κ2) is 5.96. The van der Waals surface area contributed by atoms with Crippen molar-refractivity contribution in [2.45, 2.75) is 6.54 Å². The predicted octanol–water partition coefficient (Wildman–Crippen LogP) is 3.80. The van der Waals surface area contributed by atoms with Crippen LogP contribution in [0.2, 0.25) is 5.02 Å². The van der Waals surface area contributed by atoms with Gasteiger partial charge in [-0.15, -0.1) is 0 Å². The van der Waals surface area contributed by atoms with Crippen LogP contribution in [-0.4, -0.2) is 22.9 Å². The molecule has 1 aromatic heterocycles. The molecule has 0 fully saturated rings. The van der Waals surface area contributed by atoms with Gasteiger partial charge in [-0.05, 0) is 30.3 Å². The Morgan fingerprint density at radius 2 is 2.04 bits per heavy atom. The molecule has 0 N–H and O–H groups in total. The number of methoxy groups -OCH3 is 1. The van der Waals surface area contributed by atoms with Gasteiger partial charge in [-0.2, -0.15) is 5.10 Å². The van der Waals surface area contributed by atoms with Gasteiger partial charge < -0.3 is 4.74 Å². The van der Waals surface area contributed by atoms with Crippen LogP contribution >= 0.6 is 11.6 Å². The number of nitrogens with zero attached hydrogens (tertiary/aromatic N) is 2. The molecule has 3 rings (SSSR count). The third-order valence-electron chi connectivity index (χ3n) is 3.43. The fourth-order valence-corrected chi connectivity index (χ4v) is 2.49. The maximum absolute atomic E-state index is 14.0. The molecule has 4 nitrogen and oxygen atoms in total. The first kappa shape index (κ1) is 15.4. The second-order valence-electron chi connectivity index (χ2n) is 4.90. The Morgan fingerprint density at radius 1 is 1.26 bits per heavy atom. The van der Waals surface area contributed by atoms with E-state index in [2.05, 4.69) is 9.84 Å². The summed E-state index contributed by atoms with van der Waals surface area (Å²) in [6.45, 7) is 0.0277. The largest absolute Gasteiger partial charge is 0.464 e. The Labute approximate surface area is 135 Å². The third kappa shape index (κ3) is 2.90. The number of esters is 1. The van der Waals surface area contributed by atoms with Gasteiger partial charge in [0.2, 0.25) is 0 Å². The van der Waals surface area contributed by atoms with Gasteiger partial charge in [0.1, 0.15) is 11.6 Å². The van der Waals surface area contributed by atoms with Crippen LogP contribution in [0.1, 0.15) is 16.1 Å². The Morgan fingerprint density at radius 3 is 2.74 bits per heavy atom. The average Bonchev–Trinajstić information content (AvgIpc) is 2.87. The van der Waals surface area contributed by atoms with Crippen LogP contribution in [0.3, 0.4) is 0 Å². The van der Waals surface area contributed by atoms with Crippen LogP contribution in [-0.2, 0) is 11.3 Å². The zero-order valence-electron chi connectivity index (χ0n) is 12.0. The number of benzene rings is 2. The van der Waals surface area contributed by atoms with Gasteiger partial charge in [-0.25, -0.2) is 13.6 Å². The first-order chi connectivity index (χ1) is 11.0. The summed E-state index contributed by atoms with van der Waals surface area (Å²) < 4.78 is 33.5. The summed E-state index contributed by atoms with van der Waals surface area (Å²) in [5.41, 5.74) is 0.746. The fraction of sp³-hybridized carbons (Fsp3) is 0.125. The van der Waals surface area contributed by atoms with Gasteiger partial charge in [0.25, 0.3) is 0 Å². The number of aromatic nitrogens is 2. The van der Waals surface area contributed by atoms with E-state index in [0.717, 1.165) is 0 Å². The van der Waals surface area contributed by atoms with E-state index in [0.29, 0.717) is 16.5 Å². The van der Waals surface area contributed by atoms with E-state index >= 15 is 0 Å². The highest BCUT2D eigenvalue weighted by Gasteiger charge is 2.19. The van der Waals surface area contributed by atoms with Crippen LogP contribution in [0.15, 0.2) is 36.4 Å². The lowest BCUT2D eigenvalue weighted by atomic mass is 10.2. The average molecular weight is 337 g/mol. The molecule has 2 aromatic carbocycles. The maximum atomic E-state index is 14.0. The van der Waals surface area contributed by atoms with E-state index in [9.17, 15) is 13.6 Å². The van der Waals surface area contributed by atoms with Crippen molar-refractivity contribution in [2.75, 3.05) is 7.11 Å². The van der Waals surface area contributed by atoms with Gasteiger partial charge in [0.15, 0.2) is 5.69 Å². The van der Waals surface area contributed by atoms with Crippen molar-refractivity contribution in [3.63, 3.8) is 0 Å². The van der Waals surface area contributed by atoms with Crippen LogP contribution in [0.5, 0.6) is 0 Å². The lowest BCUT2D eigenvalue weighted by molar-refractivity contribution is 0.0595. The van der Waals surface area contributed by atoms with E-state index in [1.807, 2.05) is 0 Å². The molecule has 0 bridgehead atoms. The minimum Gasteiger partial charge on any atom is -0.464 e. The third-order valence-corrected chi connectivity index (χ3v) is 3.66. The molecule has 118 valence electrons. The van der Waals surface area contributed by atoms with Crippen LogP contribution < -0.4 is 0 Å². The van der Waals surface area contributed by atoms with E-state index in [1.54, 1.807) is 6.07 Å². The summed E-state index contributed by atoms with van der Waals surface area (Å²) in [5.74, 6) is -1.62. The molecule has 0 saturated heterocycles. The SMILES string of the molecule is COC(=O)c1nn(Cc2ccc(Cl)cc2F)c2cc(F)ccc12. The highest BCUT2D eigenvalue weighted by atomic mass is 35.5. The van der Waals surface area contributed by atoms with Crippen molar-refractivity contribution >= 4 is 28.5 Å². The Bertz CT molecular complexity index is 908. The highest BCUT2D eigenvalue weighted by molar-refractivity contribution is 6.30. The van der Waals surface area contributed by atoms with E-state index in [1.165, 1.54) is 42.1 Å². The molecule has 1 heterocycles. The van der Waals surface area contributed by atoms with Crippen molar-refractivity contribution in [1.82, 2.24) is 9.78 Å². The van der Waals surface area contributed by atoms with Gasteiger partial charge in [-0.3, -0.25) is 4.68 Å². The molecular formula is C16H11ClF2N2O2. The normalized spacial score (nSPS) is 11.0. The minimum atomic E-state index is -0.642. The van der Waals surface area contributed by atoms with Crippen molar-refractivity contribution in [3.05, 3.63) is 64.3 Å². The number of carbonyl (C=O) groups excluding carboxylic acids is 1. The summed E-state index contributed by atoms with van der Waals surface area (Å²) in [6, 6.07) is 8.16. The summed E-state index contributed by atoms with van der Waals surface area (Å²) >= 11 is 5.73. The monoisotopic (exact) mass is 336 g/mol. The summed E-state index contributed by atoms with van der Waals surface area (Å²) in [5, 5.41) is 4.85. The first-order valence-corrected chi connectivity index (χ1v) is 7.05. The number of carbonyl (C=O) groups is 1. The first-order valence-electron chi connectivity index (χ1n) is 6.68. The second-order valence-corrected chi connectivity index (χ2v) is 5.33. The Kier molecular flexibility index (Phi) is 4.00. The van der Waals surface area contributed by atoms with Crippen molar-refractivity contribution < 1.29 is 18.3 Å². The Balaban J connectivity index is 2.13. The van der Waals surface area contributed by atoms with Crippen molar-refractivity contribution in [2.24, 2.45) is 0 Å². The summed E-state index contributed by atoms with van der Waals surface area (Å²) in [4.78, 5) is 11.8. The number of rotatable bonds is 3. The smallest absolute Gasteiger partial charge is 0.359 e. The van der Waals surface area contributed by atoms with Crippen LogP contribution in [0.4, 0.5) is 8.78 Å². The van der Waals surface area contributed by atoms with E-state index < -0.39 is 17.6 Å². The zero-order valence-corrected chi connectivity index (χ0v) is 12.8. The molecule has 0 spiro atoms. The maximum Gasteiger partial charge on any atom is 0.359 e. The number of ether oxygens (including phenoxy) is 1. The van der Waals surface area contributed by atoms with Crippen LogP contribution in [0.25, 0.3) is 10.9 Å². The number of hydrogen-bond donors (Lipinski definition) is 0. The van der Waals surface area contributed by atoms with E-state index in [-0.39, 0.29) is 17.3 Å². The molecule has 0 aliphatic carbocycles. The number of fused-ring (bicyclic) bond motifs is 1. The van der Waals surface area contributed by atoms with Crippen molar-refractivity contribution in [1.29, 1.82) is 0 Å². The van der Waals surface area contributed by atoms with E-state index in [4.69, 9.17) is 11.6 Å². The van der Waals surface area contributed by atoms with Gasteiger partial charge >= 0.3 is 5.97 Å². The van der Waals surface area contributed by atoms with Gasteiger partial charge in [0.05, 0.1) is 19.2 Å². The Hall–Kier alpha value is -2.47. The predicted molar refractivity (Wildman–Crippen MR) is 81.5 cm³/mol. The fourth-order valence-electron chi connectivity index (χ4n) is 2.33. The molecule has 3 aromatic rings.